The molecular formula is C15H19N3. The number of hydrogen-bond donors (Lipinski definition) is 1. The van der Waals surface area contributed by atoms with E-state index in [1.807, 2.05) is 0 Å². The Kier molecular flexibility index (Phi) is 2.62. The Hall–Kier alpha value is -1.77. The monoisotopic (exact) mass is 241 g/mol. The molecule has 2 heterocycles. The summed E-state index contributed by atoms with van der Waals surface area (Å²) in [6.07, 6.45) is 3.45. The van der Waals surface area contributed by atoms with Crippen LogP contribution in [-0.4, -0.2) is 9.55 Å². The Morgan fingerprint density at radius 2 is 2.00 bits per heavy atom. The van der Waals surface area contributed by atoms with E-state index in [9.17, 15) is 0 Å². The van der Waals surface area contributed by atoms with Gasteiger partial charge in [-0.1, -0.05) is 29.8 Å². The van der Waals surface area contributed by atoms with Crippen LogP contribution in [0.25, 0.3) is 11.3 Å². The van der Waals surface area contributed by atoms with Gasteiger partial charge in [-0.25, -0.2) is 4.98 Å². The second kappa shape index (κ2) is 4.16. The van der Waals surface area contributed by atoms with E-state index in [1.165, 1.54) is 18.4 Å². The molecule has 0 fully saturated rings. The van der Waals surface area contributed by atoms with Gasteiger partial charge in [0.05, 0.1) is 0 Å². The highest BCUT2D eigenvalue weighted by Gasteiger charge is 2.22. The minimum Gasteiger partial charge on any atom is -0.383 e. The predicted octanol–water partition coefficient (Wildman–Crippen LogP) is 3.34. The van der Waals surface area contributed by atoms with E-state index in [1.54, 1.807) is 0 Å². The molecule has 0 spiro atoms. The summed E-state index contributed by atoms with van der Waals surface area (Å²) in [5.74, 6) is 1.96. The number of rotatable bonds is 1. The number of anilines is 1. The smallest absolute Gasteiger partial charge is 0.131 e. The van der Waals surface area contributed by atoms with Gasteiger partial charge in [0.25, 0.3) is 0 Å². The van der Waals surface area contributed by atoms with Crippen LogP contribution in [0.2, 0.25) is 0 Å². The van der Waals surface area contributed by atoms with Gasteiger partial charge in [-0.3, -0.25) is 0 Å². The maximum Gasteiger partial charge on any atom is 0.131 e. The van der Waals surface area contributed by atoms with Crippen molar-refractivity contribution in [3.8, 4) is 11.3 Å². The van der Waals surface area contributed by atoms with Crippen LogP contribution in [0.3, 0.4) is 0 Å². The lowest BCUT2D eigenvalue weighted by Crippen LogP contribution is -2.16. The predicted molar refractivity (Wildman–Crippen MR) is 74.5 cm³/mol. The summed E-state index contributed by atoms with van der Waals surface area (Å²) < 4.78 is 2.21. The molecule has 94 valence electrons. The first-order valence-electron chi connectivity index (χ1n) is 6.60. The van der Waals surface area contributed by atoms with Crippen LogP contribution in [0, 0.1) is 6.92 Å². The minimum absolute atomic E-state index is 0.473. The number of benzene rings is 1. The van der Waals surface area contributed by atoms with Crippen molar-refractivity contribution < 1.29 is 0 Å². The average Bonchev–Trinajstić information content (AvgIpc) is 2.69. The number of nitrogen functional groups attached to an aromatic ring is 1. The first-order chi connectivity index (χ1) is 8.66. The lowest BCUT2D eigenvalue weighted by atomic mass is 10.1. The summed E-state index contributed by atoms with van der Waals surface area (Å²) >= 11 is 0. The molecule has 1 aliphatic rings. The Morgan fingerprint density at radius 3 is 2.67 bits per heavy atom. The van der Waals surface area contributed by atoms with Gasteiger partial charge in [0.2, 0.25) is 0 Å². The molecule has 3 nitrogen and oxygen atoms in total. The van der Waals surface area contributed by atoms with E-state index < -0.39 is 0 Å². The SMILES string of the molecule is Cc1ccc(-c2nc3n(c2N)C(C)CCC3)cc1. The second-order valence-corrected chi connectivity index (χ2v) is 5.24. The fraction of sp³-hybridized carbons (Fsp3) is 0.400. The molecule has 0 radical (unpaired) electrons. The van der Waals surface area contributed by atoms with Gasteiger partial charge in [-0.15, -0.1) is 0 Å². The Labute approximate surface area is 108 Å². The third-order valence-corrected chi connectivity index (χ3v) is 3.81. The van der Waals surface area contributed by atoms with Crippen molar-refractivity contribution >= 4 is 5.82 Å². The zero-order valence-corrected chi connectivity index (χ0v) is 11.0. The van der Waals surface area contributed by atoms with Crippen LogP contribution in [0.15, 0.2) is 24.3 Å². The van der Waals surface area contributed by atoms with Crippen molar-refractivity contribution in [2.24, 2.45) is 0 Å². The van der Waals surface area contributed by atoms with Crippen molar-refractivity contribution in [1.29, 1.82) is 0 Å². The third-order valence-electron chi connectivity index (χ3n) is 3.81. The normalized spacial score (nSPS) is 18.7. The lowest BCUT2D eigenvalue weighted by Gasteiger charge is -2.22. The first-order valence-corrected chi connectivity index (χ1v) is 6.60. The van der Waals surface area contributed by atoms with Crippen molar-refractivity contribution in [3.63, 3.8) is 0 Å². The molecule has 0 aliphatic carbocycles. The molecule has 2 aromatic rings. The average molecular weight is 241 g/mol. The van der Waals surface area contributed by atoms with Crippen LogP contribution in [-0.2, 0) is 6.42 Å². The molecule has 0 saturated carbocycles. The fourth-order valence-electron chi connectivity index (χ4n) is 2.77. The van der Waals surface area contributed by atoms with Crippen molar-refractivity contribution in [2.75, 3.05) is 5.73 Å². The molecule has 0 bridgehead atoms. The van der Waals surface area contributed by atoms with Crippen LogP contribution < -0.4 is 5.73 Å². The molecule has 3 rings (SSSR count). The molecule has 0 amide bonds. The molecule has 1 atom stereocenters. The molecule has 1 aliphatic heterocycles. The van der Waals surface area contributed by atoms with Gasteiger partial charge in [0.1, 0.15) is 17.3 Å². The second-order valence-electron chi connectivity index (χ2n) is 5.24. The number of aryl methyl sites for hydroxylation is 2. The summed E-state index contributed by atoms with van der Waals surface area (Å²) in [5.41, 5.74) is 9.61. The standard InChI is InChI=1S/C15H19N3/c1-10-6-8-12(9-7-10)14-15(16)18-11(2)4-3-5-13(18)17-14/h6-9,11H,3-5,16H2,1-2H3. The summed E-state index contributed by atoms with van der Waals surface area (Å²) in [6, 6.07) is 8.89. The van der Waals surface area contributed by atoms with E-state index >= 15 is 0 Å². The zero-order chi connectivity index (χ0) is 12.7. The molecule has 0 saturated heterocycles. The van der Waals surface area contributed by atoms with Gasteiger partial charge < -0.3 is 10.3 Å². The Bertz CT molecular complexity index is 566. The first kappa shape index (κ1) is 11.3. The van der Waals surface area contributed by atoms with Crippen molar-refractivity contribution in [1.82, 2.24) is 9.55 Å². The van der Waals surface area contributed by atoms with Gasteiger partial charge in [-0.2, -0.15) is 0 Å². The topological polar surface area (TPSA) is 43.8 Å². The van der Waals surface area contributed by atoms with Gasteiger partial charge in [0.15, 0.2) is 0 Å². The highest BCUT2D eigenvalue weighted by atomic mass is 15.2. The lowest BCUT2D eigenvalue weighted by molar-refractivity contribution is 0.430. The number of aromatic nitrogens is 2. The molecule has 1 aromatic carbocycles. The van der Waals surface area contributed by atoms with Crippen molar-refractivity contribution in [3.05, 3.63) is 35.7 Å². The van der Waals surface area contributed by atoms with Crippen LogP contribution in [0.1, 0.15) is 37.2 Å². The molecule has 1 unspecified atom stereocenters. The highest BCUT2D eigenvalue weighted by molar-refractivity contribution is 5.71. The highest BCUT2D eigenvalue weighted by Crippen LogP contribution is 2.34. The summed E-state index contributed by atoms with van der Waals surface area (Å²) in [6.45, 7) is 4.31. The third kappa shape index (κ3) is 1.70. The largest absolute Gasteiger partial charge is 0.383 e. The van der Waals surface area contributed by atoms with E-state index in [0.29, 0.717) is 6.04 Å². The minimum atomic E-state index is 0.473. The Morgan fingerprint density at radius 1 is 1.28 bits per heavy atom. The maximum atomic E-state index is 6.29. The molecule has 2 N–H and O–H groups in total. The van der Waals surface area contributed by atoms with Gasteiger partial charge in [-0.05, 0) is 26.7 Å². The van der Waals surface area contributed by atoms with Crippen LogP contribution in [0.5, 0.6) is 0 Å². The van der Waals surface area contributed by atoms with E-state index in [2.05, 4.69) is 42.7 Å². The Balaban J connectivity index is 2.11. The summed E-state index contributed by atoms with van der Waals surface area (Å²) in [5, 5.41) is 0. The van der Waals surface area contributed by atoms with Crippen LogP contribution >= 0.6 is 0 Å². The molecule has 18 heavy (non-hydrogen) atoms. The number of fused-ring (bicyclic) bond motifs is 1. The van der Waals surface area contributed by atoms with Gasteiger partial charge >= 0.3 is 0 Å². The maximum absolute atomic E-state index is 6.29. The zero-order valence-electron chi connectivity index (χ0n) is 11.0. The molecular weight excluding hydrogens is 222 g/mol. The van der Waals surface area contributed by atoms with Crippen LogP contribution in [0.4, 0.5) is 5.82 Å². The fourth-order valence-corrected chi connectivity index (χ4v) is 2.77. The van der Waals surface area contributed by atoms with E-state index in [-0.39, 0.29) is 0 Å². The quantitative estimate of drug-likeness (QED) is 0.832. The molecule has 1 aromatic heterocycles. The summed E-state index contributed by atoms with van der Waals surface area (Å²) in [7, 11) is 0. The molecule has 3 heteroatoms. The summed E-state index contributed by atoms with van der Waals surface area (Å²) in [4.78, 5) is 4.74. The van der Waals surface area contributed by atoms with E-state index in [0.717, 1.165) is 29.3 Å². The number of hydrogen-bond acceptors (Lipinski definition) is 2. The number of nitrogens with two attached hydrogens (primary N) is 1. The van der Waals surface area contributed by atoms with Gasteiger partial charge in [0, 0.05) is 18.0 Å². The number of imidazole rings is 1. The van der Waals surface area contributed by atoms with E-state index in [4.69, 9.17) is 10.7 Å². The van der Waals surface area contributed by atoms with Crippen molar-refractivity contribution in [2.45, 2.75) is 39.2 Å². The number of nitrogens with zero attached hydrogens (tertiary/aromatic N) is 2.